The number of aryl methyl sites for hydroxylation is 1. The van der Waals surface area contributed by atoms with Crippen LogP contribution in [0.2, 0.25) is 0 Å². The predicted molar refractivity (Wildman–Crippen MR) is 92.2 cm³/mol. The van der Waals surface area contributed by atoms with Crippen LogP contribution in [0.4, 0.5) is 5.82 Å². The van der Waals surface area contributed by atoms with Gasteiger partial charge in [-0.25, -0.2) is 9.97 Å². The molecule has 1 amide bonds. The molecule has 4 heterocycles. The van der Waals surface area contributed by atoms with E-state index in [-0.39, 0.29) is 5.91 Å². The highest BCUT2D eigenvalue weighted by Gasteiger charge is 2.22. The van der Waals surface area contributed by atoms with Crippen molar-refractivity contribution in [3.8, 4) is 0 Å². The number of aromatic nitrogens is 4. The number of carbonyl (C=O) groups is 1. The largest absolute Gasteiger partial charge is 0.357 e. The summed E-state index contributed by atoms with van der Waals surface area (Å²) < 4.78 is 0. The first-order chi connectivity index (χ1) is 11.7. The third-order valence-electron chi connectivity index (χ3n) is 4.47. The zero-order valence-corrected chi connectivity index (χ0v) is 13.6. The number of aromatic amines is 2. The van der Waals surface area contributed by atoms with Gasteiger partial charge in [-0.2, -0.15) is 0 Å². The van der Waals surface area contributed by atoms with Crippen LogP contribution in [0.15, 0.2) is 30.9 Å². The molecule has 3 aromatic heterocycles. The standard InChI is InChI=1S/C17H20N6O/c1-12-9-14(19-10-12)17(24)23-6-2-5-22(7-8-23)16-13-3-4-18-15(13)20-11-21-16/h3-4,9-11,19H,2,5-8H2,1H3,(H,18,20,21). The Bertz CT molecular complexity index is 867. The van der Waals surface area contributed by atoms with Crippen LogP contribution in [-0.2, 0) is 0 Å². The van der Waals surface area contributed by atoms with Crippen LogP contribution in [0.5, 0.6) is 0 Å². The van der Waals surface area contributed by atoms with Gasteiger partial charge in [0.05, 0.1) is 5.39 Å². The number of H-pyrrole nitrogens is 2. The molecular weight excluding hydrogens is 304 g/mol. The van der Waals surface area contributed by atoms with Crippen molar-refractivity contribution in [3.05, 3.63) is 42.1 Å². The van der Waals surface area contributed by atoms with E-state index in [2.05, 4.69) is 24.8 Å². The molecule has 3 aromatic rings. The second-order valence-electron chi connectivity index (χ2n) is 6.16. The van der Waals surface area contributed by atoms with Crippen LogP contribution in [0, 0.1) is 6.92 Å². The fourth-order valence-corrected chi connectivity index (χ4v) is 3.24. The summed E-state index contributed by atoms with van der Waals surface area (Å²) in [4.78, 5) is 31.7. The first kappa shape index (κ1) is 14.7. The van der Waals surface area contributed by atoms with E-state index in [4.69, 9.17) is 0 Å². The molecule has 2 N–H and O–H groups in total. The van der Waals surface area contributed by atoms with Gasteiger partial charge in [0.2, 0.25) is 0 Å². The van der Waals surface area contributed by atoms with Gasteiger partial charge in [-0.05, 0) is 31.0 Å². The Morgan fingerprint density at radius 2 is 2.08 bits per heavy atom. The molecule has 1 fully saturated rings. The lowest BCUT2D eigenvalue weighted by Crippen LogP contribution is -2.35. The van der Waals surface area contributed by atoms with Crippen molar-refractivity contribution in [2.24, 2.45) is 0 Å². The number of carbonyl (C=O) groups excluding carboxylic acids is 1. The third kappa shape index (κ3) is 2.62. The molecule has 0 bridgehead atoms. The maximum atomic E-state index is 12.6. The molecule has 7 heteroatoms. The molecule has 0 unspecified atom stereocenters. The van der Waals surface area contributed by atoms with E-state index >= 15 is 0 Å². The number of hydrogen-bond acceptors (Lipinski definition) is 4. The van der Waals surface area contributed by atoms with Gasteiger partial charge in [0.25, 0.3) is 5.91 Å². The molecule has 1 aliphatic heterocycles. The molecule has 1 saturated heterocycles. The Hall–Kier alpha value is -2.83. The maximum Gasteiger partial charge on any atom is 0.270 e. The van der Waals surface area contributed by atoms with E-state index in [1.807, 2.05) is 36.4 Å². The van der Waals surface area contributed by atoms with E-state index in [0.29, 0.717) is 12.2 Å². The molecule has 4 rings (SSSR count). The molecule has 0 aliphatic carbocycles. The second kappa shape index (κ2) is 5.99. The quantitative estimate of drug-likeness (QED) is 0.755. The third-order valence-corrected chi connectivity index (χ3v) is 4.47. The van der Waals surface area contributed by atoms with E-state index in [1.165, 1.54) is 0 Å². The molecule has 124 valence electrons. The molecule has 0 atom stereocenters. The lowest BCUT2D eigenvalue weighted by atomic mass is 10.3. The van der Waals surface area contributed by atoms with Crippen molar-refractivity contribution in [3.63, 3.8) is 0 Å². The molecule has 0 radical (unpaired) electrons. The number of nitrogens with one attached hydrogen (secondary N) is 2. The summed E-state index contributed by atoms with van der Waals surface area (Å²) in [6, 6.07) is 3.90. The SMILES string of the molecule is Cc1c[nH]c(C(=O)N2CCCN(c3ncnc4[nH]ccc34)CC2)c1. The number of amides is 1. The van der Waals surface area contributed by atoms with E-state index < -0.39 is 0 Å². The van der Waals surface area contributed by atoms with Gasteiger partial charge in [0.1, 0.15) is 23.5 Å². The Labute approximate surface area is 139 Å². The minimum Gasteiger partial charge on any atom is -0.357 e. The van der Waals surface area contributed by atoms with Gasteiger partial charge >= 0.3 is 0 Å². The molecule has 0 aromatic carbocycles. The first-order valence-corrected chi connectivity index (χ1v) is 8.20. The highest BCUT2D eigenvalue weighted by Crippen LogP contribution is 2.23. The van der Waals surface area contributed by atoms with Crippen LogP contribution < -0.4 is 4.90 Å². The van der Waals surface area contributed by atoms with Crippen molar-refractivity contribution in [1.82, 2.24) is 24.8 Å². The number of fused-ring (bicyclic) bond motifs is 1. The summed E-state index contributed by atoms with van der Waals surface area (Å²) in [6.45, 7) is 5.07. The highest BCUT2D eigenvalue weighted by atomic mass is 16.2. The van der Waals surface area contributed by atoms with Gasteiger partial charge in [-0.1, -0.05) is 0 Å². The molecular formula is C17H20N6O. The van der Waals surface area contributed by atoms with E-state index in [9.17, 15) is 4.79 Å². The van der Waals surface area contributed by atoms with Crippen LogP contribution in [0.3, 0.4) is 0 Å². The Kier molecular flexibility index (Phi) is 3.68. The van der Waals surface area contributed by atoms with Crippen molar-refractivity contribution in [2.75, 3.05) is 31.1 Å². The maximum absolute atomic E-state index is 12.6. The minimum absolute atomic E-state index is 0.0689. The summed E-state index contributed by atoms with van der Waals surface area (Å²) >= 11 is 0. The van der Waals surface area contributed by atoms with E-state index in [0.717, 1.165) is 48.5 Å². The number of anilines is 1. The summed E-state index contributed by atoms with van der Waals surface area (Å²) in [5, 5.41) is 1.03. The van der Waals surface area contributed by atoms with Gasteiger partial charge in [0, 0.05) is 38.6 Å². The zero-order chi connectivity index (χ0) is 16.5. The average molecular weight is 324 g/mol. The second-order valence-corrected chi connectivity index (χ2v) is 6.16. The average Bonchev–Trinajstić information content (AvgIpc) is 3.17. The summed E-state index contributed by atoms with van der Waals surface area (Å²) in [7, 11) is 0. The topological polar surface area (TPSA) is 80.9 Å². The van der Waals surface area contributed by atoms with Crippen molar-refractivity contribution >= 4 is 22.8 Å². The zero-order valence-electron chi connectivity index (χ0n) is 13.6. The summed E-state index contributed by atoms with van der Waals surface area (Å²) in [5.74, 6) is 1.01. The Morgan fingerprint density at radius 3 is 2.92 bits per heavy atom. The number of rotatable bonds is 2. The Morgan fingerprint density at radius 1 is 1.17 bits per heavy atom. The highest BCUT2D eigenvalue weighted by molar-refractivity contribution is 5.93. The lowest BCUT2D eigenvalue weighted by molar-refractivity contribution is 0.0762. The van der Waals surface area contributed by atoms with Crippen LogP contribution in [0.25, 0.3) is 11.0 Å². The fourth-order valence-electron chi connectivity index (χ4n) is 3.24. The molecule has 24 heavy (non-hydrogen) atoms. The fraction of sp³-hybridized carbons (Fsp3) is 0.353. The summed E-state index contributed by atoms with van der Waals surface area (Å²) in [5.41, 5.74) is 2.58. The molecule has 7 nitrogen and oxygen atoms in total. The van der Waals surface area contributed by atoms with Crippen LogP contribution in [0.1, 0.15) is 22.5 Å². The number of nitrogens with zero attached hydrogens (tertiary/aromatic N) is 4. The Balaban J connectivity index is 1.52. The lowest BCUT2D eigenvalue weighted by Gasteiger charge is -2.23. The van der Waals surface area contributed by atoms with Gasteiger partial charge in [0.15, 0.2) is 0 Å². The first-order valence-electron chi connectivity index (χ1n) is 8.20. The van der Waals surface area contributed by atoms with Gasteiger partial charge in [-0.15, -0.1) is 0 Å². The van der Waals surface area contributed by atoms with Gasteiger partial charge < -0.3 is 19.8 Å². The monoisotopic (exact) mass is 324 g/mol. The van der Waals surface area contributed by atoms with Crippen LogP contribution in [-0.4, -0.2) is 56.9 Å². The molecule has 1 aliphatic rings. The van der Waals surface area contributed by atoms with Gasteiger partial charge in [-0.3, -0.25) is 4.79 Å². The normalized spacial score (nSPS) is 15.7. The molecule has 0 saturated carbocycles. The smallest absolute Gasteiger partial charge is 0.270 e. The molecule has 0 spiro atoms. The minimum atomic E-state index is 0.0689. The van der Waals surface area contributed by atoms with E-state index in [1.54, 1.807) is 6.33 Å². The van der Waals surface area contributed by atoms with Crippen molar-refractivity contribution < 1.29 is 4.79 Å². The van der Waals surface area contributed by atoms with Crippen LogP contribution >= 0.6 is 0 Å². The predicted octanol–water partition coefficient (Wildman–Crippen LogP) is 1.95. The van der Waals surface area contributed by atoms with Crippen molar-refractivity contribution in [2.45, 2.75) is 13.3 Å². The summed E-state index contributed by atoms with van der Waals surface area (Å²) in [6.07, 6.45) is 6.25. The number of hydrogen-bond donors (Lipinski definition) is 2. The van der Waals surface area contributed by atoms with Crippen molar-refractivity contribution in [1.29, 1.82) is 0 Å².